The molecule has 2 atom stereocenters. The Bertz CT molecular complexity index is 1120. The summed E-state index contributed by atoms with van der Waals surface area (Å²) in [6.45, 7) is 3.25. The van der Waals surface area contributed by atoms with E-state index in [0.717, 1.165) is 12.0 Å². The fourth-order valence-corrected chi connectivity index (χ4v) is 5.53. The second-order valence-corrected chi connectivity index (χ2v) is 9.91. The lowest BCUT2D eigenvalue weighted by Crippen LogP contribution is -2.48. The van der Waals surface area contributed by atoms with E-state index in [1.165, 1.54) is 20.9 Å². The van der Waals surface area contributed by atoms with Crippen LogP contribution in [0.1, 0.15) is 38.5 Å². The lowest BCUT2D eigenvalue weighted by Gasteiger charge is -2.38. The molecule has 5 nitrogen and oxygen atoms in total. The monoisotopic (exact) mass is 496 g/mol. The number of rotatable bonds is 8. The van der Waals surface area contributed by atoms with Gasteiger partial charge in [0.1, 0.15) is 5.38 Å². The number of fused-ring (bicyclic) bond motifs is 1. The normalized spacial score (nSPS) is 16.1. The lowest BCUT2D eigenvalue weighted by atomic mass is 9.92. The standard InChI is InChI=1S/C27H29ClN2O3S/c1-19-8-10-21(11-9-19)26-22-13-17-34-23(22)12-14-30(26)24(31)18-29(15-16-33-2)27(32)25(28)20-6-4-3-5-7-20/h3-11,13,17,25-26H,12,14-16,18H2,1-2H3. The van der Waals surface area contributed by atoms with Crippen molar-refractivity contribution in [2.24, 2.45) is 0 Å². The van der Waals surface area contributed by atoms with Crippen molar-refractivity contribution in [3.05, 3.63) is 93.2 Å². The smallest absolute Gasteiger partial charge is 0.245 e. The summed E-state index contributed by atoms with van der Waals surface area (Å²) in [5.74, 6) is -0.387. The van der Waals surface area contributed by atoms with Crippen LogP contribution in [0.2, 0.25) is 0 Å². The molecule has 3 aromatic rings. The number of hydrogen-bond acceptors (Lipinski definition) is 4. The van der Waals surface area contributed by atoms with Crippen LogP contribution in [-0.4, -0.2) is 55.0 Å². The van der Waals surface area contributed by atoms with E-state index in [2.05, 4.69) is 42.6 Å². The zero-order valence-electron chi connectivity index (χ0n) is 19.4. The van der Waals surface area contributed by atoms with Crippen LogP contribution in [0.4, 0.5) is 0 Å². The maximum absolute atomic E-state index is 13.7. The van der Waals surface area contributed by atoms with Gasteiger partial charge in [0.15, 0.2) is 0 Å². The molecule has 34 heavy (non-hydrogen) atoms. The van der Waals surface area contributed by atoms with Crippen molar-refractivity contribution in [1.29, 1.82) is 0 Å². The molecule has 0 N–H and O–H groups in total. The Morgan fingerprint density at radius 2 is 1.88 bits per heavy atom. The molecule has 2 aromatic carbocycles. The maximum Gasteiger partial charge on any atom is 0.245 e. The summed E-state index contributed by atoms with van der Waals surface area (Å²) in [4.78, 5) is 31.7. The largest absolute Gasteiger partial charge is 0.383 e. The molecular formula is C27H29ClN2O3S. The van der Waals surface area contributed by atoms with E-state index in [9.17, 15) is 9.59 Å². The number of nitrogens with zero attached hydrogens (tertiary/aromatic N) is 2. The van der Waals surface area contributed by atoms with E-state index < -0.39 is 5.38 Å². The van der Waals surface area contributed by atoms with Crippen molar-refractivity contribution in [1.82, 2.24) is 9.80 Å². The molecule has 0 spiro atoms. The summed E-state index contributed by atoms with van der Waals surface area (Å²) in [6.07, 6.45) is 0.815. The van der Waals surface area contributed by atoms with Gasteiger partial charge in [0.25, 0.3) is 0 Å². The molecular weight excluding hydrogens is 468 g/mol. The molecule has 0 bridgehead atoms. The van der Waals surface area contributed by atoms with Crippen LogP contribution in [0.25, 0.3) is 0 Å². The molecule has 0 saturated heterocycles. The molecule has 7 heteroatoms. The third-order valence-corrected chi connectivity index (χ3v) is 7.63. The number of carbonyl (C=O) groups excluding carboxylic acids is 2. The highest BCUT2D eigenvalue weighted by molar-refractivity contribution is 7.10. The first-order chi connectivity index (χ1) is 16.5. The number of methoxy groups -OCH3 is 1. The predicted molar refractivity (Wildman–Crippen MR) is 136 cm³/mol. The highest BCUT2D eigenvalue weighted by atomic mass is 35.5. The summed E-state index contributed by atoms with van der Waals surface area (Å²) in [5, 5.41) is 1.23. The highest BCUT2D eigenvalue weighted by Gasteiger charge is 2.34. The SMILES string of the molecule is COCCN(CC(=O)N1CCc2sccc2C1c1ccc(C)cc1)C(=O)C(Cl)c1ccccc1. The zero-order chi connectivity index (χ0) is 24.1. The van der Waals surface area contributed by atoms with Gasteiger partial charge in [0.2, 0.25) is 11.8 Å². The number of halogens is 1. The number of thiophene rings is 1. The van der Waals surface area contributed by atoms with Gasteiger partial charge >= 0.3 is 0 Å². The Hall–Kier alpha value is -2.67. The van der Waals surface area contributed by atoms with E-state index in [1.807, 2.05) is 35.2 Å². The third kappa shape index (κ3) is 5.35. The van der Waals surface area contributed by atoms with Gasteiger partial charge in [-0.3, -0.25) is 9.59 Å². The molecule has 1 aromatic heterocycles. The van der Waals surface area contributed by atoms with Crippen molar-refractivity contribution in [3.8, 4) is 0 Å². The Balaban J connectivity index is 1.58. The van der Waals surface area contributed by atoms with Gasteiger partial charge in [-0.15, -0.1) is 22.9 Å². The third-order valence-electron chi connectivity index (χ3n) is 6.19. The first-order valence-corrected chi connectivity index (χ1v) is 12.7. The summed E-state index contributed by atoms with van der Waals surface area (Å²) in [5.41, 5.74) is 4.13. The molecule has 0 aliphatic carbocycles. The molecule has 178 valence electrons. The number of benzene rings is 2. The number of hydrogen-bond donors (Lipinski definition) is 0. The minimum Gasteiger partial charge on any atom is -0.383 e. The number of amides is 2. The van der Waals surface area contributed by atoms with Gasteiger partial charge in [-0.25, -0.2) is 0 Å². The second kappa shape index (κ2) is 11.2. The number of alkyl halides is 1. The quantitative estimate of drug-likeness (QED) is 0.413. The predicted octanol–water partition coefficient (Wildman–Crippen LogP) is 4.99. The van der Waals surface area contributed by atoms with Crippen LogP contribution in [0.15, 0.2) is 66.0 Å². The van der Waals surface area contributed by atoms with E-state index in [4.69, 9.17) is 16.3 Å². The fraction of sp³-hybridized carbons (Fsp3) is 0.333. The highest BCUT2D eigenvalue weighted by Crippen LogP contribution is 2.38. The van der Waals surface area contributed by atoms with Crippen molar-refractivity contribution in [2.75, 3.05) is 33.4 Å². The van der Waals surface area contributed by atoms with Gasteiger partial charge in [-0.2, -0.15) is 0 Å². The molecule has 0 saturated carbocycles. The molecule has 2 unspecified atom stereocenters. The van der Waals surface area contributed by atoms with Crippen LogP contribution >= 0.6 is 22.9 Å². The average Bonchev–Trinajstić information content (AvgIpc) is 3.35. The fourth-order valence-electron chi connectivity index (χ4n) is 4.34. The summed E-state index contributed by atoms with van der Waals surface area (Å²) in [7, 11) is 1.58. The minimum atomic E-state index is -0.858. The molecule has 0 fully saturated rings. The van der Waals surface area contributed by atoms with Crippen LogP contribution in [0, 0.1) is 6.92 Å². The van der Waals surface area contributed by atoms with Gasteiger partial charge in [0, 0.05) is 25.1 Å². The Labute approximate surface area is 209 Å². The second-order valence-electron chi connectivity index (χ2n) is 8.48. The Morgan fingerprint density at radius 1 is 1.15 bits per heavy atom. The Morgan fingerprint density at radius 3 is 2.59 bits per heavy atom. The van der Waals surface area contributed by atoms with Gasteiger partial charge < -0.3 is 14.5 Å². The van der Waals surface area contributed by atoms with Gasteiger partial charge in [-0.05, 0) is 41.5 Å². The Kier molecular flexibility index (Phi) is 8.03. The van der Waals surface area contributed by atoms with Crippen molar-refractivity contribution < 1.29 is 14.3 Å². The molecule has 4 rings (SSSR count). The maximum atomic E-state index is 13.7. The lowest BCUT2D eigenvalue weighted by molar-refractivity contribution is -0.142. The van der Waals surface area contributed by atoms with Crippen molar-refractivity contribution in [2.45, 2.75) is 24.8 Å². The van der Waals surface area contributed by atoms with Crippen molar-refractivity contribution in [3.63, 3.8) is 0 Å². The summed E-state index contributed by atoms with van der Waals surface area (Å²) in [6, 6.07) is 19.5. The number of ether oxygens (including phenoxy) is 1. The topological polar surface area (TPSA) is 49.9 Å². The van der Waals surface area contributed by atoms with Crippen molar-refractivity contribution >= 4 is 34.8 Å². The molecule has 1 aliphatic rings. The first-order valence-electron chi connectivity index (χ1n) is 11.4. The van der Waals surface area contributed by atoms with E-state index >= 15 is 0 Å². The van der Waals surface area contributed by atoms with E-state index in [-0.39, 0.29) is 24.4 Å². The summed E-state index contributed by atoms with van der Waals surface area (Å²) >= 11 is 8.27. The molecule has 1 aliphatic heterocycles. The van der Waals surface area contributed by atoms with Crippen LogP contribution < -0.4 is 0 Å². The van der Waals surface area contributed by atoms with E-state index in [1.54, 1.807) is 18.4 Å². The van der Waals surface area contributed by atoms with Gasteiger partial charge in [0.05, 0.1) is 19.2 Å². The van der Waals surface area contributed by atoms with Crippen LogP contribution in [-0.2, 0) is 20.7 Å². The molecule has 0 radical (unpaired) electrons. The van der Waals surface area contributed by atoms with Gasteiger partial charge in [-0.1, -0.05) is 60.2 Å². The zero-order valence-corrected chi connectivity index (χ0v) is 21.0. The number of carbonyl (C=O) groups is 2. The van der Waals surface area contributed by atoms with Crippen LogP contribution in [0.3, 0.4) is 0 Å². The van der Waals surface area contributed by atoms with Crippen LogP contribution in [0.5, 0.6) is 0 Å². The molecule has 2 amide bonds. The van der Waals surface area contributed by atoms with E-state index in [0.29, 0.717) is 25.3 Å². The number of aryl methyl sites for hydroxylation is 1. The first kappa shape index (κ1) is 24.5. The summed E-state index contributed by atoms with van der Waals surface area (Å²) < 4.78 is 5.21. The average molecular weight is 497 g/mol. The molecule has 2 heterocycles. The minimum absolute atomic E-state index is 0.0416.